The molecular formula is C18H21ClN4O2. The molecule has 2 aliphatic rings. The van der Waals surface area contributed by atoms with Crippen LogP contribution >= 0.6 is 11.6 Å². The van der Waals surface area contributed by atoms with Crippen molar-refractivity contribution in [2.45, 2.75) is 31.4 Å². The molecule has 6 nitrogen and oxygen atoms in total. The maximum absolute atomic E-state index is 12.7. The van der Waals surface area contributed by atoms with Crippen molar-refractivity contribution in [2.24, 2.45) is 11.8 Å². The summed E-state index contributed by atoms with van der Waals surface area (Å²) in [5.74, 6) is 0.854. The van der Waals surface area contributed by atoms with Crippen molar-refractivity contribution < 1.29 is 9.90 Å². The first-order chi connectivity index (χ1) is 12.1. The van der Waals surface area contributed by atoms with Crippen LogP contribution in [0.3, 0.4) is 0 Å². The van der Waals surface area contributed by atoms with E-state index in [-0.39, 0.29) is 11.9 Å². The van der Waals surface area contributed by atoms with Gasteiger partial charge in [0.1, 0.15) is 12.7 Å². The van der Waals surface area contributed by atoms with E-state index in [1.807, 2.05) is 29.2 Å². The maximum Gasteiger partial charge on any atom is 0.227 e. The Balaban J connectivity index is 1.42. The van der Waals surface area contributed by atoms with Gasteiger partial charge in [-0.3, -0.25) is 4.79 Å². The number of aliphatic hydroxyl groups excluding tert-OH is 1. The highest BCUT2D eigenvalue weighted by molar-refractivity contribution is 6.31. The summed E-state index contributed by atoms with van der Waals surface area (Å²) in [4.78, 5) is 18.6. The van der Waals surface area contributed by atoms with Crippen LogP contribution in [-0.4, -0.2) is 49.9 Å². The molecule has 132 valence electrons. The first-order valence-electron chi connectivity index (χ1n) is 8.65. The van der Waals surface area contributed by atoms with Crippen molar-refractivity contribution in [3.63, 3.8) is 0 Å². The zero-order chi connectivity index (χ0) is 17.4. The number of fused-ring (bicyclic) bond motifs is 1. The standard InChI is InChI=1S/C18H21ClN4O2/c19-15-4-2-1-3-12(15)7-18(25)22-8-13-5-16(23-11-20-10-21-23)17(24)6-14(13)9-22/h1-4,10-11,13-14,16-17,24H,5-9H2/t13-,14+,16-,17-/m1/s1. The Morgan fingerprint density at radius 2 is 2.00 bits per heavy atom. The topological polar surface area (TPSA) is 71.2 Å². The fourth-order valence-electron chi connectivity index (χ4n) is 4.20. The number of aromatic nitrogens is 3. The molecule has 1 aromatic heterocycles. The van der Waals surface area contributed by atoms with E-state index >= 15 is 0 Å². The average Bonchev–Trinajstić information content (AvgIpc) is 3.25. The molecule has 7 heteroatoms. The van der Waals surface area contributed by atoms with Gasteiger partial charge in [-0.05, 0) is 36.3 Å². The number of nitrogens with zero attached hydrogens (tertiary/aromatic N) is 4. The zero-order valence-corrected chi connectivity index (χ0v) is 14.6. The van der Waals surface area contributed by atoms with E-state index in [9.17, 15) is 9.90 Å². The molecule has 2 aromatic rings. The number of rotatable bonds is 3. The Morgan fingerprint density at radius 3 is 2.72 bits per heavy atom. The number of hydrogen-bond donors (Lipinski definition) is 1. The molecule has 1 N–H and O–H groups in total. The molecule has 2 fully saturated rings. The van der Waals surface area contributed by atoms with Crippen molar-refractivity contribution in [2.75, 3.05) is 13.1 Å². The zero-order valence-electron chi connectivity index (χ0n) is 13.8. The SMILES string of the molecule is O=C(Cc1ccccc1Cl)N1C[C@H]2C[C@@H](n3cncn3)[C@H](O)C[C@H]2C1. The van der Waals surface area contributed by atoms with Crippen molar-refractivity contribution >= 4 is 17.5 Å². The number of benzene rings is 1. The molecule has 1 aliphatic carbocycles. The van der Waals surface area contributed by atoms with Crippen LogP contribution in [0.1, 0.15) is 24.4 Å². The van der Waals surface area contributed by atoms with Crippen LogP contribution in [0.25, 0.3) is 0 Å². The molecule has 4 rings (SSSR count). The predicted molar refractivity (Wildman–Crippen MR) is 93.0 cm³/mol. The Hall–Kier alpha value is -1.92. The van der Waals surface area contributed by atoms with Crippen LogP contribution < -0.4 is 0 Å². The number of hydrogen-bond acceptors (Lipinski definition) is 4. The van der Waals surface area contributed by atoms with Crippen LogP contribution in [0.2, 0.25) is 5.02 Å². The van der Waals surface area contributed by atoms with E-state index in [1.165, 1.54) is 6.33 Å². The Labute approximate surface area is 151 Å². The molecule has 0 bridgehead atoms. The van der Waals surface area contributed by atoms with Crippen LogP contribution in [0.15, 0.2) is 36.9 Å². The summed E-state index contributed by atoms with van der Waals surface area (Å²) in [5.41, 5.74) is 0.865. The van der Waals surface area contributed by atoms with Crippen molar-refractivity contribution in [1.29, 1.82) is 0 Å². The summed E-state index contributed by atoms with van der Waals surface area (Å²) in [6.45, 7) is 1.46. The van der Waals surface area contributed by atoms with Crippen LogP contribution in [0.5, 0.6) is 0 Å². The van der Waals surface area contributed by atoms with Gasteiger partial charge in [0.15, 0.2) is 0 Å². The molecule has 1 amide bonds. The highest BCUT2D eigenvalue weighted by atomic mass is 35.5. The molecule has 1 saturated heterocycles. The second-order valence-electron chi connectivity index (χ2n) is 7.07. The fourth-order valence-corrected chi connectivity index (χ4v) is 4.40. The van der Waals surface area contributed by atoms with Gasteiger partial charge >= 0.3 is 0 Å². The summed E-state index contributed by atoms with van der Waals surface area (Å²) >= 11 is 6.17. The largest absolute Gasteiger partial charge is 0.391 e. The molecule has 1 aromatic carbocycles. The minimum Gasteiger partial charge on any atom is -0.391 e. The van der Waals surface area contributed by atoms with Crippen molar-refractivity contribution in [3.8, 4) is 0 Å². The van der Waals surface area contributed by atoms with Gasteiger partial charge in [-0.1, -0.05) is 29.8 Å². The average molecular weight is 361 g/mol. The lowest BCUT2D eigenvalue weighted by atomic mass is 9.77. The number of likely N-dealkylation sites (tertiary alicyclic amines) is 1. The van der Waals surface area contributed by atoms with E-state index in [0.29, 0.717) is 29.7 Å². The van der Waals surface area contributed by atoms with Gasteiger partial charge in [-0.2, -0.15) is 5.10 Å². The van der Waals surface area contributed by atoms with Gasteiger partial charge in [0, 0.05) is 18.1 Å². The summed E-state index contributed by atoms with van der Waals surface area (Å²) in [5, 5.41) is 15.3. The number of aliphatic hydroxyl groups is 1. The summed E-state index contributed by atoms with van der Waals surface area (Å²) in [6.07, 6.45) is 4.56. The number of halogens is 1. The van der Waals surface area contributed by atoms with Crippen molar-refractivity contribution in [3.05, 3.63) is 47.5 Å². The number of amides is 1. The first kappa shape index (κ1) is 16.5. The van der Waals surface area contributed by atoms with E-state index in [0.717, 1.165) is 25.1 Å². The molecule has 1 aliphatic heterocycles. The van der Waals surface area contributed by atoms with Crippen LogP contribution in [0, 0.1) is 11.8 Å². The summed E-state index contributed by atoms with van der Waals surface area (Å²) in [7, 11) is 0. The number of carbonyl (C=O) groups excluding carboxylic acids is 1. The molecule has 0 radical (unpaired) electrons. The summed E-state index contributed by atoms with van der Waals surface area (Å²) < 4.78 is 1.75. The second kappa shape index (κ2) is 6.77. The molecule has 2 heterocycles. The highest BCUT2D eigenvalue weighted by Crippen LogP contribution is 2.41. The molecule has 4 atom stereocenters. The minimum atomic E-state index is -0.443. The predicted octanol–water partition coefficient (Wildman–Crippen LogP) is 1.94. The Morgan fingerprint density at radius 1 is 1.24 bits per heavy atom. The smallest absolute Gasteiger partial charge is 0.227 e. The van der Waals surface area contributed by atoms with E-state index in [4.69, 9.17) is 11.6 Å². The minimum absolute atomic E-state index is 0.0534. The molecular weight excluding hydrogens is 340 g/mol. The van der Waals surface area contributed by atoms with E-state index in [1.54, 1.807) is 11.0 Å². The van der Waals surface area contributed by atoms with Crippen LogP contribution in [0.4, 0.5) is 0 Å². The third-order valence-corrected chi connectivity index (χ3v) is 5.91. The summed E-state index contributed by atoms with van der Waals surface area (Å²) in [6, 6.07) is 7.42. The first-order valence-corrected chi connectivity index (χ1v) is 9.03. The molecule has 0 unspecified atom stereocenters. The van der Waals surface area contributed by atoms with Gasteiger partial charge in [0.05, 0.1) is 18.6 Å². The van der Waals surface area contributed by atoms with Gasteiger partial charge in [0.25, 0.3) is 0 Å². The van der Waals surface area contributed by atoms with E-state index < -0.39 is 6.10 Å². The lowest BCUT2D eigenvalue weighted by Gasteiger charge is -2.34. The second-order valence-corrected chi connectivity index (χ2v) is 7.48. The quantitative estimate of drug-likeness (QED) is 0.908. The van der Waals surface area contributed by atoms with Crippen LogP contribution in [-0.2, 0) is 11.2 Å². The fraction of sp³-hybridized carbons (Fsp3) is 0.500. The Bertz CT molecular complexity index is 751. The highest BCUT2D eigenvalue weighted by Gasteiger charge is 2.43. The Kier molecular flexibility index (Phi) is 4.48. The third kappa shape index (κ3) is 3.28. The molecule has 25 heavy (non-hydrogen) atoms. The van der Waals surface area contributed by atoms with Crippen molar-refractivity contribution in [1.82, 2.24) is 19.7 Å². The van der Waals surface area contributed by atoms with Gasteiger partial charge in [0.2, 0.25) is 5.91 Å². The molecule has 0 spiro atoms. The number of carbonyl (C=O) groups is 1. The normalized spacial score (nSPS) is 28.8. The lowest BCUT2D eigenvalue weighted by Crippen LogP contribution is -2.36. The monoisotopic (exact) mass is 360 g/mol. The maximum atomic E-state index is 12.7. The lowest BCUT2D eigenvalue weighted by molar-refractivity contribution is -0.129. The molecule has 1 saturated carbocycles. The van der Waals surface area contributed by atoms with Gasteiger partial charge < -0.3 is 10.0 Å². The van der Waals surface area contributed by atoms with E-state index in [2.05, 4.69) is 10.1 Å². The van der Waals surface area contributed by atoms with Gasteiger partial charge in [-0.25, -0.2) is 9.67 Å². The van der Waals surface area contributed by atoms with Gasteiger partial charge in [-0.15, -0.1) is 0 Å². The third-order valence-electron chi connectivity index (χ3n) is 5.54.